The average Bonchev–Trinajstić information content (AvgIpc) is 2.31. The van der Waals surface area contributed by atoms with Crippen LogP contribution in [0.4, 0.5) is 17.3 Å². The Bertz CT molecular complexity index is 419. The van der Waals surface area contributed by atoms with E-state index in [1.807, 2.05) is 25.8 Å². The van der Waals surface area contributed by atoms with E-state index in [2.05, 4.69) is 10.3 Å². The van der Waals surface area contributed by atoms with Gasteiger partial charge in [-0.2, -0.15) is 0 Å². The fraction of sp³-hybridized carbons (Fsp3) is 0.455. The molecule has 0 spiro atoms. The number of nitrogens with one attached hydrogen (secondary N) is 1. The van der Waals surface area contributed by atoms with E-state index in [0.29, 0.717) is 23.6 Å². The highest BCUT2D eigenvalue weighted by Crippen LogP contribution is 2.23. The molecule has 0 saturated heterocycles. The molecule has 0 unspecified atom stereocenters. The van der Waals surface area contributed by atoms with Crippen molar-refractivity contribution in [3.8, 4) is 0 Å². The first kappa shape index (κ1) is 13.1. The van der Waals surface area contributed by atoms with Gasteiger partial charge in [-0.25, -0.2) is 4.98 Å². The van der Waals surface area contributed by atoms with Gasteiger partial charge < -0.3 is 21.7 Å². The summed E-state index contributed by atoms with van der Waals surface area (Å²) in [6.45, 7) is 5.10. The number of anilines is 3. The number of nitrogens with two attached hydrogens (primary N) is 2. The fourth-order valence-electron chi connectivity index (χ4n) is 1.40. The maximum atomic E-state index is 11.9. The molecule has 17 heavy (non-hydrogen) atoms. The first-order valence-electron chi connectivity index (χ1n) is 5.56. The Hall–Kier alpha value is -1.98. The predicted octanol–water partition coefficient (Wildman–Crippen LogP) is 0.452. The Labute approximate surface area is 101 Å². The van der Waals surface area contributed by atoms with Crippen LogP contribution in [0.5, 0.6) is 0 Å². The summed E-state index contributed by atoms with van der Waals surface area (Å²) in [7, 11) is 1.85. The molecule has 0 saturated carbocycles. The van der Waals surface area contributed by atoms with Crippen molar-refractivity contribution >= 4 is 23.2 Å². The Morgan fingerprint density at radius 2 is 2.12 bits per heavy atom. The van der Waals surface area contributed by atoms with Crippen LogP contribution in [0.15, 0.2) is 6.07 Å². The summed E-state index contributed by atoms with van der Waals surface area (Å²) in [5.41, 5.74) is 12.1. The normalized spacial score (nSPS) is 10.1. The van der Waals surface area contributed by atoms with Gasteiger partial charge in [0.05, 0.1) is 11.3 Å². The molecule has 0 radical (unpaired) electrons. The van der Waals surface area contributed by atoms with E-state index < -0.39 is 0 Å². The minimum absolute atomic E-state index is 0.193. The third kappa shape index (κ3) is 2.77. The maximum absolute atomic E-state index is 11.9. The van der Waals surface area contributed by atoms with E-state index in [-0.39, 0.29) is 11.7 Å². The number of aromatic nitrogens is 1. The van der Waals surface area contributed by atoms with Gasteiger partial charge in [-0.1, -0.05) is 0 Å². The van der Waals surface area contributed by atoms with Gasteiger partial charge in [0.2, 0.25) is 0 Å². The van der Waals surface area contributed by atoms with Crippen molar-refractivity contribution in [1.82, 2.24) is 10.3 Å². The maximum Gasteiger partial charge on any atom is 0.255 e. The van der Waals surface area contributed by atoms with Crippen molar-refractivity contribution in [2.45, 2.75) is 13.8 Å². The van der Waals surface area contributed by atoms with Gasteiger partial charge in [-0.3, -0.25) is 4.79 Å². The molecule has 1 rings (SSSR count). The van der Waals surface area contributed by atoms with E-state index in [4.69, 9.17) is 11.5 Å². The van der Waals surface area contributed by atoms with E-state index in [0.717, 1.165) is 6.54 Å². The molecule has 1 amide bonds. The standard InChI is InChI=1S/C11H19N5O/c1-4-14-11(17)7-6-8(12)9(13)15-10(7)16(3)5-2/h6H,4-5,12H2,1-3H3,(H2,13,15)(H,14,17). The Kier molecular flexibility index (Phi) is 4.14. The summed E-state index contributed by atoms with van der Waals surface area (Å²) in [4.78, 5) is 17.9. The number of hydrogen-bond donors (Lipinski definition) is 3. The summed E-state index contributed by atoms with van der Waals surface area (Å²) in [5, 5.41) is 2.73. The third-order valence-electron chi connectivity index (χ3n) is 2.48. The zero-order valence-corrected chi connectivity index (χ0v) is 10.4. The fourth-order valence-corrected chi connectivity index (χ4v) is 1.40. The summed E-state index contributed by atoms with van der Waals surface area (Å²) in [5.74, 6) is 0.598. The molecule has 6 heteroatoms. The predicted molar refractivity (Wildman–Crippen MR) is 70.0 cm³/mol. The molecule has 0 aliphatic heterocycles. The van der Waals surface area contributed by atoms with Gasteiger partial charge in [0.25, 0.3) is 5.91 Å². The molecule has 0 aromatic carbocycles. The lowest BCUT2D eigenvalue weighted by Crippen LogP contribution is -2.28. The molecule has 0 aliphatic carbocycles. The minimum Gasteiger partial charge on any atom is -0.396 e. The topological polar surface area (TPSA) is 97.3 Å². The van der Waals surface area contributed by atoms with E-state index in [9.17, 15) is 4.79 Å². The SMILES string of the molecule is CCNC(=O)c1cc(N)c(N)nc1N(C)CC. The van der Waals surface area contributed by atoms with Crippen molar-refractivity contribution in [2.75, 3.05) is 36.5 Å². The smallest absolute Gasteiger partial charge is 0.255 e. The quantitative estimate of drug-likeness (QED) is 0.706. The minimum atomic E-state index is -0.193. The summed E-state index contributed by atoms with van der Waals surface area (Å²) < 4.78 is 0. The number of nitrogen functional groups attached to an aromatic ring is 2. The molecule has 5 N–H and O–H groups in total. The van der Waals surface area contributed by atoms with Crippen molar-refractivity contribution in [3.05, 3.63) is 11.6 Å². The molecule has 1 heterocycles. The van der Waals surface area contributed by atoms with Crippen LogP contribution in [0, 0.1) is 0 Å². The number of nitrogens with zero attached hydrogens (tertiary/aromatic N) is 2. The molecular weight excluding hydrogens is 218 g/mol. The molecule has 0 fully saturated rings. The number of carbonyl (C=O) groups is 1. The van der Waals surface area contributed by atoms with Crippen molar-refractivity contribution in [1.29, 1.82) is 0 Å². The highest BCUT2D eigenvalue weighted by molar-refractivity contribution is 6.00. The van der Waals surface area contributed by atoms with Crippen LogP contribution >= 0.6 is 0 Å². The molecule has 1 aromatic heterocycles. The molecule has 0 atom stereocenters. The van der Waals surface area contributed by atoms with Gasteiger partial charge >= 0.3 is 0 Å². The molecule has 6 nitrogen and oxygen atoms in total. The van der Waals surface area contributed by atoms with E-state index >= 15 is 0 Å². The number of amides is 1. The van der Waals surface area contributed by atoms with Gasteiger partial charge in [-0.05, 0) is 19.9 Å². The zero-order chi connectivity index (χ0) is 13.0. The van der Waals surface area contributed by atoms with Crippen LogP contribution < -0.4 is 21.7 Å². The van der Waals surface area contributed by atoms with E-state index in [1.54, 1.807) is 6.07 Å². The second-order valence-electron chi connectivity index (χ2n) is 3.71. The first-order valence-corrected chi connectivity index (χ1v) is 5.56. The van der Waals surface area contributed by atoms with Gasteiger partial charge in [-0.15, -0.1) is 0 Å². The number of pyridine rings is 1. The van der Waals surface area contributed by atoms with Crippen molar-refractivity contribution in [2.24, 2.45) is 0 Å². The Balaban J connectivity index is 3.25. The third-order valence-corrected chi connectivity index (χ3v) is 2.48. The van der Waals surface area contributed by atoms with Crippen LogP contribution in [-0.2, 0) is 0 Å². The van der Waals surface area contributed by atoms with Gasteiger partial charge in [0.1, 0.15) is 11.6 Å². The van der Waals surface area contributed by atoms with Crippen molar-refractivity contribution < 1.29 is 4.79 Å². The lowest BCUT2D eigenvalue weighted by atomic mass is 10.2. The average molecular weight is 237 g/mol. The second kappa shape index (κ2) is 5.38. The Morgan fingerprint density at radius 1 is 1.47 bits per heavy atom. The van der Waals surface area contributed by atoms with Gasteiger partial charge in [0.15, 0.2) is 0 Å². The largest absolute Gasteiger partial charge is 0.396 e. The van der Waals surface area contributed by atoms with Crippen LogP contribution in [0.1, 0.15) is 24.2 Å². The lowest BCUT2D eigenvalue weighted by Gasteiger charge is -2.20. The van der Waals surface area contributed by atoms with Crippen LogP contribution in [0.3, 0.4) is 0 Å². The molecule has 1 aromatic rings. The summed E-state index contributed by atoms with van der Waals surface area (Å²) in [6.07, 6.45) is 0. The second-order valence-corrected chi connectivity index (χ2v) is 3.71. The molecule has 94 valence electrons. The summed E-state index contributed by atoms with van der Waals surface area (Å²) >= 11 is 0. The van der Waals surface area contributed by atoms with Crippen LogP contribution in [-0.4, -0.2) is 31.0 Å². The summed E-state index contributed by atoms with van der Waals surface area (Å²) in [6, 6.07) is 1.56. The molecule has 0 aliphatic rings. The number of rotatable bonds is 4. The van der Waals surface area contributed by atoms with Crippen molar-refractivity contribution in [3.63, 3.8) is 0 Å². The zero-order valence-electron chi connectivity index (χ0n) is 10.4. The number of hydrogen-bond acceptors (Lipinski definition) is 5. The van der Waals surface area contributed by atoms with E-state index in [1.165, 1.54) is 0 Å². The monoisotopic (exact) mass is 237 g/mol. The molecule has 0 bridgehead atoms. The Morgan fingerprint density at radius 3 is 2.65 bits per heavy atom. The van der Waals surface area contributed by atoms with Crippen LogP contribution in [0.2, 0.25) is 0 Å². The van der Waals surface area contributed by atoms with Gasteiger partial charge in [0, 0.05) is 20.1 Å². The first-order chi connectivity index (χ1) is 8.01. The number of carbonyl (C=O) groups excluding carboxylic acids is 1. The highest BCUT2D eigenvalue weighted by Gasteiger charge is 2.17. The highest BCUT2D eigenvalue weighted by atomic mass is 16.1. The lowest BCUT2D eigenvalue weighted by molar-refractivity contribution is 0.0956. The molecular formula is C11H19N5O. The van der Waals surface area contributed by atoms with Crippen LogP contribution in [0.25, 0.3) is 0 Å².